The number of nitrogens with zero attached hydrogens (tertiary/aromatic N) is 1. The summed E-state index contributed by atoms with van der Waals surface area (Å²) in [6, 6.07) is 5.33. The van der Waals surface area contributed by atoms with Crippen LogP contribution < -0.4 is 0 Å². The van der Waals surface area contributed by atoms with E-state index in [2.05, 4.69) is 20.8 Å². The molecule has 2 rings (SSSR count). The number of carbonyl (C=O) groups is 1. The van der Waals surface area contributed by atoms with Crippen molar-refractivity contribution in [2.45, 2.75) is 24.2 Å². The Balaban J connectivity index is 1.91. The van der Waals surface area contributed by atoms with Crippen LogP contribution in [0.25, 0.3) is 0 Å². The summed E-state index contributed by atoms with van der Waals surface area (Å²) in [5.74, 6) is 0.0875. The van der Waals surface area contributed by atoms with Gasteiger partial charge in [0.05, 0.1) is 5.56 Å². The fraction of sp³-hybridized carbons (Fsp3) is 0.500. The van der Waals surface area contributed by atoms with Crippen molar-refractivity contribution in [1.29, 1.82) is 0 Å². The Morgan fingerprint density at radius 3 is 2.74 bits per heavy atom. The quantitative estimate of drug-likeness (QED) is 0.827. The van der Waals surface area contributed by atoms with Gasteiger partial charge >= 0.3 is 5.97 Å². The fourth-order valence-corrected chi connectivity index (χ4v) is 3.86. The van der Waals surface area contributed by atoms with Gasteiger partial charge in [-0.3, -0.25) is 0 Å². The number of halogens is 1. The molecule has 1 aromatic rings. The van der Waals surface area contributed by atoms with Gasteiger partial charge in [0, 0.05) is 21.7 Å². The second-order valence-corrected chi connectivity index (χ2v) is 6.75. The lowest BCUT2D eigenvalue weighted by atomic mass is 10.1. The first-order chi connectivity index (χ1) is 9.16. The molecule has 1 heterocycles. The van der Waals surface area contributed by atoms with Gasteiger partial charge < -0.3 is 10.0 Å². The molecule has 104 valence electrons. The Labute approximate surface area is 126 Å². The summed E-state index contributed by atoms with van der Waals surface area (Å²) in [7, 11) is 0. The lowest BCUT2D eigenvalue weighted by Crippen LogP contribution is -2.31. The van der Waals surface area contributed by atoms with Crippen LogP contribution in [0, 0.1) is 0 Å². The van der Waals surface area contributed by atoms with Crippen molar-refractivity contribution in [1.82, 2.24) is 4.90 Å². The van der Waals surface area contributed by atoms with Crippen LogP contribution in [0.2, 0.25) is 0 Å². The normalized spacial score (nSPS) is 16.5. The van der Waals surface area contributed by atoms with Crippen LogP contribution >= 0.6 is 27.7 Å². The molecule has 19 heavy (non-hydrogen) atoms. The van der Waals surface area contributed by atoms with Crippen molar-refractivity contribution in [3.05, 3.63) is 28.2 Å². The van der Waals surface area contributed by atoms with Gasteiger partial charge in [-0.2, -0.15) is 0 Å². The van der Waals surface area contributed by atoms with Crippen molar-refractivity contribution in [3.63, 3.8) is 0 Å². The van der Waals surface area contributed by atoms with E-state index in [1.54, 1.807) is 23.9 Å². The zero-order valence-corrected chi connectivity index (χ0v) is 13.2. The third kappa shape index (κ3) is 4.51. The Hall–Kier alpha value is -0.520. The van der Waals surface area contributed by atoms with Crippen LogP contribution in [-0.4, -0.2) is 41.4 Å². The number of likely N-dealkylation sites (tertiary alicyclic amines) is 1. The van der Waals surface area contributed by atoms with Crippen LogP contribution in [0.3, 0.4) is 0 Å². The van der Waals surface area contributed by atoms with Crippen molar-refractivity contribution >= 4 is 33.7 Å². The van der Waals surface area contributed by atoms with E-state index < -0.39 is 5.97 Å². The van der Waals surface area contributed by atoms with Crippen molar-refractivity contribution in [2.24, 2.45) is 0 Å². The lowest BCUT2D eigenvalue weighted by molar-refractivity contribution is 0.0693. The first-order valence-electron chi connectivity index (χ1n) is 6.55. The van der Waals surface area contributed by atoms with E-state index in [9.17, 15) is 4.79 Å². The summed E-state index contributed by atoms with van der Waals surface area (Å²) in [6.45, 7) is 3.41. The molecule has 1 N–H and O–H groups in total. The van der Waals surface area contributed by atoms with Crippen LogP contribution in [0.15, 0.2) is 27.6 Å². The molecule has 0 spiro atoms. The average molecular weight is 344 g/mol. The first kappa shape index (κ1) is 14.9. The Bertz CT molecular complexity index is 447. The molecule has 3 nitrogen and oxygen atoms in total. The smallest absolute Gasteiger partial charge is 0.336 e. The minimum atomic E-state index is -0.854. The first-order valence-corrected chi connectivity index (χ1v) is 8.32. The molecule has 1 aliphatic rings. The number of hydrogen-bond donors (Lipinski definition) is 1. The second-order valence-electron chi connectivity index (χ2n) is 4.70. The van der Waals surface area contributed by atoms with Crippen LogP contribution in [-0.2, 0) is 0 Å². The zero-order valence-electron chi connectivity index (χ0n) is 10.8. The van der Waals surface area contributed by atoms with Gasteiger partial charge in [0.2, 0.25) is 0 Å². The van der Waals surface area contributed by atoms with Crippen molar-refractivity contribution in [3.8, 4) is 0 Å². The van der Waals surface area contributed by atoms with E-state index in [1.807, 2.05) is 6.07 Å². The maximum absolute atomic E-state index is 11.2. The van der Waals surface area contributed by atoms with Gasteiger partial charge in [0.1, 0.15) is 0 Å². The number of aromatic carboxylic acids is 1. The second kappa shape index (κ2) is 7.31. The molecule has 5 heteroatoms. The maximum atomic E-state index is 11.2. The average Bonchev–Trinajstić information content (AvgIpc) is 2.39. The lowest BCUT2D eigenvalue weighted by Gasteiger charge is -2.26. The van der Waals surface area contributed by atoms with Crippen LogP contribution in [0.4, 0.5) is 0 Å². The molecular weight excluding hydrogens is 326 g/mol. The van der Waals surface area contributed by atoms with Crippen LogP contribution in [0.5, 0.6) is 0 Å². The molecule has 1 fully saturated rings. The minimum Gasteiger partial charge on any atom is -0.478 e. The molecule has 1 aliphatic heterocycles. The number of carboxylic acid groups (broad SMARTS) is 1. The molecule has 0 atom stereocenters. The summed E-state index contributed by atoms with van der Waals surface area (Å²) in [6.07, 6.45) is 3.93. The van der Waals surface area contributed by atoms with E-state index in [0.29, 0.717) is 5.56 Å². The molecule has 0 aromatic heterocycles. The van der Waals surface area contributed by atoms with E-state index >= 15 is 0 Å². The summed E-state index contributed by atoms with van der Waals surface area (Å²) < 4.78 is 0.929. The highest BCUT2D eigenvalue weighted by Crippen LogP contribution is 2.27. The summed E-state index contributed by atoms with van der Waals surface area (Å²) in [4.78, 5) is 14.5. The number of thioether (sulfide) groups is 1. The summed E-state index contributed by atoms with van der Waals surface area (Å²) >= 11 is 5.03. The van der Waals surface area contributed by atoms with Gasteiger partial charge in [-0.15, -0.1) is 11.8 Å². The Morgan fingerprint density at radius 2 is 2.05 bits per heavy atom. The summed E-state index contributed by atoms with van der Waals surface area (Å²) in [5, 5.41) is 9.17. The SMILES string of the molecule is O=C(O)c1ccc(Br)cc1SCCN1CCCCC1. The molecule has 0 bridgehead atoms. The molecule has 1 saturated heterocycles. The molecule has 0 unspecified atom stereocenters. The molecule has 0 radical (unpaired) electrons. The number of hydrogen-bond acceptors (Lipinski definition) is 3. The standard InChI is InChI=1S/C14H18BrNO2S/c15-11-4-5-12(14(17)18)13(10-11)19-9-8-16-6-2-1-3-7-16/h4-5,10H,1-3,6-9H2,(H,17,18). The number of benzene rings is 1. The predicted octanol–water partition coefficient (Wildman–Crippen LogP) is 3.73. The zero-order chi connectivity index (χ0) is 13.7. The number of rotatable bonds is 5. The third-order valence-electron chi connectivity index (χ3n) is 3.29. The molecule has 0 saturated carbocycles. The van der Waals surface area contributed by atoms with E-state index in [0.717, 1.165) is 21.7 Å². The van der Waals surface area contributed by atoms with E-state index in [1.165, 1.54) is 32.4 Å². The highest BCUT2D eigenvalue weighted by atomic mass is 79.9. The molecule has 0 amide bonds. The Morgan fingerprint density at radius 1 is 1.32 bits per heavy atom. The van der Waals surface area contributed by atoms with E-state index in [-0.39, 0.29) is 0 Å². The van der Waals surface area contributed by atoms with Crippen LogP contribution in [0.1, 0.15) is 29.6 Å². The number of piperidine rings is 1. The van der Waals surface area contributed by atoms with Crippen molar-refractivity contribution in [2.75, 3.05) is 25.4 Å². The predicted molar refractivity (Wildman–Crippen MR) is 82.1 cm³/mol. The monoisotopic (exact) mass is 343 g/mol. The molecule has 0 aliphatic carbocycles. The highest BCUT2D eigenvalue weighted by molar-refractivity contribution is 9.10. The van der Waals surface area contributed by atoms with Crippen molar-refractivity contribution < 1.29 is 9.90 Å². The van der Waals surface area contributed by atoms with Gasteiger partial charge in [0.15, 0.2) is 0 Å². The third-order valence-corrected chi connectivity index (χ3v) is 4.82. The Kier molecular flexibility index (Phi) is 5.73. The van der Waals surface area contributed by atoms with Gasteiger partial charge in [-0.05, 0) is 44.1 Å². The van der Waals surface area contributed by atoms with Gasteiger partial charge in [0.25, 0.3) is 0 Å². The number of carboxylic acids is 1. The summed E-state index contributed by atoms with van der Waals surface area (Å²) in [5.41, 5.74) is 0.395. The van der Waals surface area contributed by atoms with Gasteiger partial charge in [-0.25, -0.2) is 4.79 Å². The van der Waals surface area contributed by atoms with Gasteiger partial charge in [-0.1, -0.05) is 22.4 Å². The maximum Gasteiger partial charge on any atom is 0.336 e. The fourth-order valence-electron chi connectivity index (χ4n) is 2.26. The minimum absolute atomic E-state index is 0.395. The topological polar surface area (TPSA) is 40.5 Å². The molecular formula is C14H18BrNO2S. The highest BCUT2D eigenvalue weighted by Gasteiger charge is 2.13. The largest absolute Gasteiger partial charge is 0.478 e. The van der Waals surface area contributed by atoms with E-state index in [4.69, 9.17) is 5.11 Å². The molecule has 1 aromatic carbocycles.